The molecule has 1 aromatic heterocycles. The number of hydrogen-bond acceptors (Lipinski definition) is 5. The van der Waals surface area contributed by atoms with Gasteiger partial charge in [0, 0.05) is 11.3 Å². The second-order valence-electron chi connectivity index (χ2n) is 6.87. The molecule has 30 heavy (non-hydrogen) atoms. The molecule has 1 aliphatic heterocycles. The van der Waals surface area contributed by atoms with Crippen LogP contribution in [0.5, 0.6) is 5.75 Å². The molecule has 0 bridgehead atoms. The van der Waals surface area contributed by atoms with E-state index in [4.69, 9.17) is 4.74 Å². The zero-order valence-corrected chi connectivity index (χ0v) is 16.4. The Balaban J connectivity index is 1.75. The Morgan fingerprint density at radius 1 is 1.20 bits per heavy atom. The summed E-state index contributed by atoms with van der Waals surface area (Å²) in [5, 5.41) is 19.6. The summed E-state index contributed by atoms with van der Waals surface area (Å²) in [5.74, 6) is -0.624. The van der Waals surface area contributed by atoms with Crippen molar-refractivity contribution in [2.45, 2.75) is 13.0 Å². The van der Waals surface area contributed by atoms with E-state index in [0.29, 0.717) is 17.3 Å². The summed E-state index contributed by atoms with van der Waals surface area (Å²) in [4.78, 5) is 24.6. The molecule has 3 aromatic rings. The highest BCUT2D eigenvalue weighted by Gasteiger charge is 2.30. The van der Waals surface area contributed by atoms with Crippen LogP contribution in [0.4, 0.5) is 11.5 Å². The van der Waals surface area contributed by atoms with Crippen molar-refractivity contribution in [1.82, 2.24) is 9.78 Å². The van der Waals surface area contributed by atoms with Crippen LogP contribution >= 0.6 is 0 Å². The number of carbonyl (C=O) groups excluding carboxylic acids is 1. The molecule has 0 radical (unpaired) electrons. The molecule has 0 spiro atoms. The molecule has 0 unspecified atom stereocenters. The Labute approximate surface area is 172 Å². The van der Waals surface area contributed by atoms with Crippen molar-refractivity contribution in [3.05, 3.63) is 83.2 Å². The first kappa shape index (κ1) is 19.3. The van der Waals surface area contributed by atoms with Gasteiger partial charge in [-0.2, -0.15) is 5.10 Å². The van der Waals surface area contributed by atoms with Crippen LogP contribution < -0.4 is 15.4 Å². The van der Waals surface area contributed by atoms with Gasteiger partial charge in [0.1, 0.15) is 28.9 Å². The van der Waals surface area contributed by atoms with Gasteiger partial charge in [0.25, 0.3) is 5.91 Å². The highest BCUT2D eigenvalue weighted by Crippen LogP contribution is 2.36. The minimum Gasteiger partial charge on any atom is -0.496 e. The third kappa shape index (κ3) is 3.50. The number of carboxylic acids is 1. The molecule has 1 amide bonds. The number of aliphatic carboxylic acids is 1. The SMILES string of the molecule is COc1ccccc1[C@@H]1C=C(C(=O)O)Nc2c(C(=O)Nc3cccc(C)c3)cnn21. The largest absolute Gasteiger partial charge is 0.496 e. The third-order valence-corrected chi connectivity index (χ3v) is 4.85. The number of allylic oxidation sites excluding steroid dienone is 1. The molecule has 0 fully saturated rings. The van der Waals surface area contributed by atoms with Crippen LogP contribution in [0.3, 0.4) is 0 Å². The number of rotatable bonds is 5. The van der Waals surface area contributed by atoms with Crippen molar-refractivity contribution in [1.29, 1.82) is 0 Å². The number of ether oxygens (including phenoxy) is 1. The molecule has 1 atom stereocenters. The Morgan fingerprint density at radius 3 is 2.73 bits per heavy atom. The van der Waals surface area contributed by atoms with Crippen LogP contribution in [0.15, 0.2) is 66.5 Å². The van der Waals surface area contributed by atoms with E-state index < -0.39 is 12.0 Å². The van der Waals surface area contributed by atoms with Gasteiger partial charge < -0.3 is 20.5 Å². The molecule has 152 valence electrons. The predicted octanol–water partition coefficient (Wildman–Crippen LogP) is 3.44. The van der Waals surface area contributed by atoms with Crippen LogP contribution in [-0.4, -0.2) is 33.9 Å². The fourth-order valence-electron chi connectivity index (χ4n) is 3.44. The van der Waals surface area contributed by atoms with Gasteiger partial charge in [0.15, 0.2) is 0 Å². The van der Waals surface area contributed by atoms with Crippen molar-refractivity contribution in [3.63, 3.8) is 0 Å². The van der Waals surface area contributed by atoms with Crippen molar-refractivity contribution < 1.29 is 19.4 Å². The number of fused-ring (bicyclic) bond motifs is 1. The number of methoxy groups -OCH3 is 1. The van der Waals surface area contributed by atoms with Crippen LogP contribution in [0, 0.1) is 6.92 Å². The van der Waals surface area contributed by atoms with Crippen LogP contribution in [-0.2, 0) is 4.79 Å². The average Bonchev–Trinajstić information content (AvgIpc) is 3.17. The number of anilines is 2. The summed E-state index contributed by atoms with van der Waals surface area (Å²) >= 11 is 0. The van der Waals surface area contributed by atoms with Gasteiger partial charge in [0.2, 0.25) is 0 Å². The van der Waals surface area contributed by atoms with E-state index in [-0.39, 0.29) is 17.2 Å². The van der Waals surface area contributed by atoms with Gasteiger partial charge in [-0.05, 0) is 36.8 Å². The van der Waals surface area contributed by atoms with Crippen molar-refractivity contribution in [3.8, 4) is 5.75 Å². The molecule has 0 saturated heterocycles. The molecule has 8 nitrogen and oxygen atoms in total. The van der Waals surface area contributed by atoms with Crippen LogP contribution in [0.1, 0.15) is 27.5 Å². The zero-order chi connectivity index (χ0) is 21.3. The number of hydrogen-bond donors (Lipinski definition) is 3. The highest BCUT2D eigenvalue weighted by molar-refractivity contribution is 6.08. The molecular formula is C22H20N4O4. The normalized spacial score (nSPS) is 14.9. The lowest BCUT2D eigenvalue weighted by Crippen LogP contribution is -2.26. The smallest absolute Gasteiger partial charge is 0.352 e. The first-order valence-corrected chi connectivity index (χ1v) is 9.28. The average molecular weight is 404 g/mol. The second kappa shape index (κ2) is 7.75. The highest BCUT2D eigenvalue weighted by atomic mass is 16.5. The van der Waals surface area contributed by atoms with Gasteiger partial charge in [-0.1, -0.05) is 30.3 Å². The molecule has 3 N–H and O–H groups in total. The van der Waals surface area contributed by atoms with Gasteiger partial charge in [-0.15, -0.1) is 0 Å². The summed E-state index contributed by atoms with van der Waals surface area (Å²) in [6.45, 7) is 1.93. The lowest BCUT2D eigenvalue weighted by atomic mass is 10.0. The molecule has 8 heteroatoms. The number of nitrogens with zero attached hydrogens (tertiary/aromatic N) is 2. The maximum absolute atomic E-state index is 12.9. The Morgan fingerprint density at radius 2 is 2.00 bits per heavy atom. The minimum absolute atomic E-state index is 0.0384. The molecule has 4 rings (SSSR count). The summed E-state index contributed by atoms with van der Waals surface area (Å²) in [7, 11) is 1.55. The Hall–Kier alpha value is -4.07. The van der Waals surface area contributed by atoms with Gasteiger partial charge >= 0.3 is 5.97 Å². The number of aryl methyl sites for hydroxylation is 1. The molecule has 2 heterocycles. The number of amides is 1. The topological polar surface area (TPSA) is 105 Å². The second-order valence-corrected chi connectivity index (χ2v) is 6.87. The number of benzene rings is 2. The van der Waals surface area contributed by atoms with E-state index in [2.05, 4.69) is 15.7 Å². The van der Waals surface area contributed by atoms with E-state index in [1.54, 1.807) is 30.0 Å². The van der Waals surface area contributed by atoms with Crippen LogP contribution in [0.25, 0.3) is 0 Å². The molecular weight excluding hydrogens is 384 g/mol. The summed E-state index contributed by atoms with van der Waals surface area (Å²) in [5.41, 5.74) is 2.59. The van der Waals surface area contributed by atoms with E-state index in [1.165, 1.54) is 6.20 Å². The van der Waals surface area contributed by atoms with E-state index in [0.717, 1.165) is 11.1 Å². The van der Waals surface area contributed by atoms with Crippen molar-refractivity contribution in [2.24, 2.45) is 0 Å². The summed E-state index contributed by atoms with van der Waals surface area (Å²) in [6.07, 6.45) is 2.97. The number of aromatic nitrogens is 2. The monoisotopic (exact) mass is 404 g/mol. The van der Waals surface area contributed by atoms with Crippen molar-refractivity contribution in [2.75, 3.05) is 17.7 Å². The predicted molar refractivity (Wildman–Crippen MR) is 112 cm³/mol. The third-order valence-electron chi connectivity index (χ3n) is 4.85. The number of carbonyl (C=O) groups is 2. The quantitative estimate of drug-likeness (QED) is 0.602. The van der Waals surface area contributed by atoms with Crippen molar-refractivity contribution >= 4 is 23.4 Å². The molecule has 2 aromatic carbocycles. The van der Waals surface area contributed by atoms with E-state index in [1.807, 2.05) is 43.3 Å². The number of para-hydroxylation sites is 1. The van der Waals surface area contributed by atoms with Crippen LogP contribution in [0.2, 0.25) is 0 Å². The fourth-order valence-corrected chi connectivity index (χ4v) is 3.44. The lowest BCUT2D eigenvalue weighted by molar-refractivity contribution is -0.132. The summed E-state index contributed by atoms with van der Waals surface area (Å²) in [6, 6.07) is 14.2. The Bertz CT molecular complexity index is 1170. The lowest BCUT2D eigenvalue weighted by Gasteiger charge is -2.25. The van der Waals surface area contributed by atoms with E-state index in [9.17, 15) is 14.7 Å². The maximum atomic E-state index is 12.9. The first-order valence-electron chi connectivity index (χ1n) is 9.28. The standard InChI is InChI=1S/C22H20N4O4/c1-13-6-5-7-14(10-13)24-21(27)16-12-23-26-18(11-17(22(28)29)25-20(16)26)15-8-3-4-9-19(15)30-2/h3-12,18,25H,1-2H3,(H,24,27)(H,28,29)/t18-/m0/s1. The zero-order valence-electron chi connectivity index (χ0n) is 16.4. The van der Waals surface area contributed by atoms with E-state index >= 15 is 0 Å². The number of carboxylic acid groups (broad SMARTS) is 1. The minimum atomic E-state index is -1.13. The summed E-state index contributed by atoms with van der Waals surface area (Å²) < 4.78 is 7.02. The van der Waals surface area contributed by atoms with Gasteiger partial charge in [0.05, 0.1) is 13.3 Å². The molecule has 0 saturated carbocycles. The fraction of sp³-hybridized carbons (Fsp3) is 0.136. The van der Waals surface area contributed by atoms with Gasteiger partial charge in [-0.3, -0.25) is 4.79 Å². The maximum Gasteiger partial charge on any atom is 0.352 e. The Kier molecular flexibility index (Phi) is 4.97. The van der Waals surface area contributed by atoms with Gasteiger partial charge in [-0.25, -0.2) is 9.48 Å². The molecule has 0 aliphatic carbocycles. The molecule has 1 aliphatic rings. The number of nitrogens with one attached hydrogen (secondary N) is 2. The first-order chi connectivity index (χ1) is 14.5.